The van der Waals surface area contributed by atoms with Gasteiger partial charge in [-0.05, 0) is 25.0 Å². The van der Waals surface area contributed by atoms with Gasteiger partial charge in [-0.25, -0.2) is 4.98 Å². The van der Waals surface area contributed by atoms with E-state index in [9.17, 15) is 9.59 Å². The summed E-state index contributed by atoms with van der Waals surface area (Å²) < 4.78 is 12.5. The third-order valence-corrected chi connectivity index (χ3v) is 4.95. The van der Waals surface area contributed by atoms with Gasteiger partial charge in [0, 0.05) is 19.1 Å². The molecule has 1 aromatic carbocycles. The number of fused-ring (bicyclic) bond motifs is 1. The number of aromatic nitrogens is 2. The van der Waals surface area contributed by atoms with Crippen LogP contribution in [-0.2, 0) is 14.3 Å². The fourth-order valence-corrected chi connectivity index (χ4v) is 3.54. The Morgan fingerprint density at radius 3 is 2.72 bits per heavy atom. The first-order valence-electron chi connectivity index (χ1n) is 8.68. The van der Waals surface area contributed by atoms with Crippen LogP contribution in [0.5, 0.6) is 0 Å². The van der Waals surface area contributed by atoms with Crippen molar-refractivity contribution in [2.24, 2.45) is 0 Å². The van der Waals surface area contributed by atoms with Gasteiger partial charge in [0.15, 0.2) is 6.10 Å². The molecule has 7 nitrogen and oxygen atoms in total. The summed E-state index contributed by atoms with van der Waals surface area (Å²) in [4.78, 5) is 31.4. The maximum absolute atomic E-state index is 12.7. The highest BCUT2D eigenvalue weighted by Gasteiger charge is 2.31. The van der Waals surface area contributed by atoms with Crippen molar-refractivity contribution in [3.8, 4) is 0 Å². The van der Waals surface area contributed by atoms with Gasteiger partial charge in [0.25, 0.3) is 11.5 Å². The zero-order chi connectivity index (χ0) is 17.2. The Kier molecular flexibility index (Phi) is 4.50. The van der Waals surface area contributed by atoms with E-state index in [1.54, 1.807) is 17.0 Å². The van der Waals surface area contributed by atoms with Crippen molar-refractivity contribution < 1.29 is 14.3 Å². The molecular weight excluding hydrogens is 322 g/mol. The highest BCUT2D eigenvalue weighted by atomic mass is 16.6. The molecule has 0 spiro atoms. The van der Waals surface area contributed by atoms with Crippen molar-refractivity contribution in [1.29, 1.82) is 0 Å². The predicted octanol–water partition coefficient (Wildman–Crippen LogP) is 0.975. The number of carbonyl (C=O) groups is 1. The number of hydrogen-bond donors (Lipinski definition) is 0. The van der Waals surface area contributed by atoms with Crippen LogP contribution in [-0.4, -0.2) is 59.4 Å². The van der Waals surface area contributed by atoms with Gasteiger partial charge in [0.05, 0.1) is 37.1 Å². The molecule has 7 heteroatoms. The maximum Gasteiger partial charge on any atom is 0.261 e. The summed E-state index contributed by atoms with van der Waals surface area (Å²) in [6.07, 6.45) is 2.61. The molecule has 2 saturated heterocycles. The summed E-state index contributed by atoms with van der Waals surface area (Å²) in [6, 6.07) is 7.44. The Morgan fingerprint density at radius 2 is 1.96 bits per heavy atom. The first-order valence-corrected chi connectivity index (χ1v) is 8.68. The lowest BCUT2D eigenvalue weighted by molar-refractivity contribution is -0.159. The van der Waals surface area contributed by atoms with E-state index in [1.807, 2.05) is 23.1 Å². The van der Waals surface area contributed by atoms with Gasteiger partial charge >= 0.3 is 0 Å². The minimum absolute atomic E-state index is 0.0119. The second-order valence-corrected chi connectivity index (χ2v) is 6.46. The van der Waals surface area contributed by atoms with E-state index in [2.05, 4.69) is 4.98 Å². The number of para-hydroxylation sites is 1. The van der Waals surface area contributed by atoms with Crippen LogP contribution >= 0.6 is 0 Å². The van der Waals surface area contributed by atoms with Gasteiger partial charge in [-0.15, -0.1) is 0 Å². The van der Waals surface area contributed by atoms with Crippen LogP contribution in [0.4, 0.5) is 0 Å². The molecule has 3 heterocycles. The molecule has 2 aliphatic rings. The fraction of sp³-hybridized carbons (Fsp3) is 0.500. The Morgan fingerprint density at radius 1 is 1.16 bits per heavy atom. The van der Waals surface area contributed by atoms with E-state index in [4.69, 9.17) is 9.47 Å². The number of nitrogens with zero attached hydrogens (tertiary/aromatic N) is 3. The van der Waals surface area contributed by atoms with Crippen LogP contribution in [0.3, 0.4) is 0 Å². The minimum atomic E-state index is -0.490. The molecule has 0 saturated carbocycles. The SMILES string of the molecule is O=C(C1COCCO1)N1CCC(n2cnc3ccccc3c2=O)CC1. The lowest BCUT2D eigenvalue weighted by Gasteiger charge is -2.35. The maximum atomic E-state index is 12.7. The molecule has 4 rings (SSSR count). The number of amides is 1. The van der Waals surface area contributed by atoms with Crippen molar-refractivity contribution in [1.82, 2.24) is 14.5 Å². The minimum Gasteiger partial charge on any atom is -0.376 e. The molecule has 0 radical (unpaired) electrons. The quantitative estimate of drug-likeness (QED) is 0.813. The Labute approximate surface area is 145 Å². The fourth-order valence-electron chi connectivity index (χ4n) is 3.54. The number of piperidine rings is 1. The summed E-state index contributed by atoms with van der Waals surface area (Å²) in [5.74, 6) is -0.0119. The molecule has 2 aromatic rings. The summed E-state index contributed by atoms with van der Waals surface area (Å²) in [7, 11) is 0. The number of benzene rings is 1. The van der Waals surface area contributed by atoms with Gasteiger partial charge < -0.3 is 14.4 Å². The zero-order valence-electron chi connectivity index (χ0n) is 14.0. The van der Waals surface area contributed by atoms with Crippen molar-refractivity contribution in [3.63, 3.8) is 0 Å². The largest absolute Gasteiger partial charge is 0.376 e. The van der Waals surface area contributed by atoms with Crippen LogP contribution in [0.15, 0.2) is 35.4 Å². The topological polar surface area (TPSA) is 73.7 Å². The molecule has 1 atom stereocenters. The Hall–Kier alpha value is -2.25. The third kappa shape index (κ3) is 3.17. The van der Waals surface area contributed by atoms with Crippen LogP contribution in [0.2, 0.25) is 0 Å². The first-order chi connectivity index (χ1) is 12.2. The van der Waals surface area contributed by atoms with Crippen LogP contribution in [0.25, 0.3) is 10.9 Å². The van der Waals surface area contributed by atoms with Gasteiger partial charge in [-0.3, -0.25) is 14.2 Å². The Bertz CT molecular complexity index is 820. The van der Waals surface area contributed by atoms with Crippen molar-refractivity contribution in [2.75, 3.05) is 32.9 Å². The summed E-state index contributed by atoms with van der Waals surface area (Å²) in [6.45, 7) is 2.56. The molecule has 1 unspecified atom stereocenters. The summed E-state index contributed by atoms with van der Waals surface area (Å²) in [5.41, 5.74) is 0.699. The lowest BCUT2D eigenvalue weighted by Crippen LogP contribution is -2.48. The first kappa shape index (κ1) is 16.2. The standard InChI is InChI=1S/C18H21N3O4/c22-17-14-3-1-2-4-15(14)19-12-21(17)13-5-7-20(8-6-13)18(23)16-11-24-9-10-25-16/h1-4,12-13,16H,5-11H2. The van der Waals surface area contributed by atoms with E-state index < -0.39 is 6.10 Å². The normalized spacial score (nSPS) is 22.2. The molecule has 2 aliphatic heterocycles. The monoisotopic (exact) mass is 343 g/mol. The van der Waals surface area contributed by atoms with Gasteiger partial charge in [0.1, 0.15) is 0 Å². The van der Waals surface area contributed by atoms with Crippen LogP contribution < -0.4 is 5.56 Å². The highest BCUT2D eigenvalue weighted by Crippen LogP contribution is 2.22. The van der Waals surface area contributed by atoms with Crippen LogP contribution in [0.1, 0.15) is 18.9 Å². The Balaban J connectivity index is 1.46. The van der Waals surface area contributed by atoms with Crippen molar-refractivity contribution in [2.45, 2.75) is 25.0 Å². The van der Waals surface area contributed by atoms with E-state index in [0.29, 0.717) is 43.8 Å². The molecule has 1 aromatic heterocycles. The average molecular weight is 343 g/mol. The van der Waals surface area contributed by atoms with E-state index in [-0.39, 0.29) is 17.5 Å². The number of carbonyl (C=O) groups excluding carboxylic acids is 1. The molecule has 132 valence electrons. The molecule has 0 bridgehead atoms. The summed E-state index contributed by atoms with van der Waals surface area (Å²) >= 11 is 0. The number of ether oxygens (including phenoxy) is 2. The predicted molar refractivity (Wildman–Crippen MR) is 91.4 cm³/mol. The van der Waals surface area contributed by atoms with Crippen LogP contribution in [0, 0.1) is 0 Å². The molecular formula is C18H21N3O4. The van der Waals surface area contributed by atoms with Gasteiger partial charge in [0.2, 0.25) is 0 Å². The number of likely N-dealkylation sites (tertiary alicyclic amines) is 1. The second-order valence-electron chi connectivity index (χ2n) is 6.46. The van der Waals surface area contributed by atoms with Gasteiger partial charge in [-0.2, -0.15) is 0 Å². The van der Waals surface area contributed by atoms with Crippen molar-refractivity contribution >= 4 is 16.8 Å². The molecule has 25 heavy (non-hydrogen) atoms. The van der Waals surface area contributed by atoms with Gasteiger partial charge in [-0.1, -0.05) is 12.1 Å². The zero-order valence-corrected chi connectivity index (χ0v) is 14.0. The number of rotatable bonds is 2. The average Bonchev–Trinajstić information content (AvgIpc) is 2.69. The molecule has 1 amide bonds. The van der Waals surface area contributed by atoms with E-state index >= 15 is 0 Å². The number of hydrogen-bond acceptors (Lipinski definition) is 5. The van der Waals surface area contributed by atoms with E-state index in [1.165, 1.54) is 0 Å². The third-order valence-electron chi connectivity index (χ3n) is 4.95. The van der Waals surface area contributed by atoms with Crippen molar-refractivity contribution in [3.05, 3.63) is 40.9 Å². The molecule has 2 fully saturated rings. The smallest absolute Gasteiger partial charge is 0.261 e. The lowest BCUT2D eigenvalue weighted by atomic mass is 10.0. The highest BCUT2D eigenvalue weighted by molar-refractivity contribution is 5.81. The molecule has 0 aliphatic carbocycles. The van der Waals surface area contributed by atoms with E-state index in [0.717, 1.165) is 12.8 Å². The second kappa shape index (κ2) is 6.93. The summed E-state index contributed by atoms with van der Waals surface area (Å²) in [5, 5.41) is 0.635. The molecule has 0 N–H and O–H groups in total.